The van der Waals surface area contributed by atoms with E-state index in [2.05, 4.69) is 43.0 Å². The van der Waals surface area contributed by atoms with Gasteiger partial charge in [0.2, 0.25) is 0 Å². The van der Waals surface area contributed by atoms with Crippen molar-refractivity contribution < 1.29 is 0 Å². The third-order valence-corrected chi connectivity index (χ3v) is 7.92. The number of rotatable bonds is 26. The number of hydrogen-bond acceptors (Lipinski definition) is 2. The van der Waals surface area contributed by atoms with E-state index in [1.165, 1.54) is 161 Å². The van der Waals surface area contributed by atoms with Crippen molar-refractivity contribution in [3.05, 3.63) is 12.4 Å². The van der Waals surface area contributed by atoms with Crippen LogP contribution < -0.4 is 0 Å². The quantitative estimate of drug-likeness (QED) is 0.114. The normalized spacial score (nSPS) is 15.7. The fraction of sp³-hybridized carbons (Fsp3) is 0.938. The first kappa shape index (κ1) is 31.4. The van der Waals surface area contributed by atoms with E-state index >= 15 is 0 Å². The van der Waals surface area contributed by atoms with Crippen molar-refractivity contribution in [1.82, 2.24) is 9.80 Å². The summed E-state index contributed by atoms with van der Waals surface area (Å²) < 4.78 is 0. The van der Waals surface area contributed by atoms with Gasteiger partial charge in [0.15, 0.2) is 0 Å². The van der Waals surface area contributed by atoms with Gasteiger partial charge in [-0.15, -0.1) is 0 Å². The second-order valence-electron chi connectivity index (χ2n) is 11.1. The van der Waals surface area contributed by atoms with E-state index in [4.69, 9.17) is 0 Å². The first-order valence-corrected chi connectivity index (χ1v) is 16.0. The van der Waals surface area contributed by atoms with E-state index in [9.17, 15) is 0 Å². The van der Waals surface area contributed by atoms with Crippen LogP contribution >= 0.6 is 0 Å². The van der Waals surface area contributed by atoms with Gasteiger partial charge in [-0.25, -0.2) is 0 Å². The topological polar surface area (TPSA) is 6.48 Å². The Bertz CT molecular complexity index is 433. The van der Waals surface area contributed by atoms with E-state index in [0.717, 1.165) is 6.54 Å². The van der Waals surface area contributed by atoms with Crippen LogP contribution in [0.2, 0.25) is 0 Å². The molecule has 0 fully saturated rings. The number of hydrogen-bond donors (Lipinski definition) is 0. The van der Waals surface area contributed by atoms with Crippen LogP contribution in [-0.2, 0) is 0 Å². The zero-order valence-corrected chi connectivity index (χ0v) is 24.0. The van der Waals surface area contributed by atoms with Crippen LogP contribution in [0, 0.1) is 0 Å². The summed E-state index contributed by atoms with van der Waals surface area (Å²) in [6, 6.07) is 0. The summed E-state index contributed by atoms with van der Waals surface area (Å²) in [6.45, 7) is 9.32. The lowest BCUT2D eigenvalue weighted by Crippen LogP contribution is -2.38. The lowest BCUT2D eigenvalue weighted by molar-refractivity contribution is 0.142. The Balaban J connectivity index is 1.90. The van der Waals surface area contributed by atoms with Crippen molar-refractivity contribution in [2.75, 3.05) is 13.1 Å². The Morgan fingerprint density at radius 3 is 1.18 bits per heavy atom. The zero-order chi connectivity index (χ0) is 24.5. The molecular formula is C32H64N2. The average molecular weight is 477 g/mol. The molecule has 0 aromatic heterocycles. The molecule has 1 unspecified atom stereocenters. The Labute approximate surface area is 216 Å². The molecule has 1 aliphatic rings. The van der Waals surface area contributed by atoms with Crippen molar-refractivity contribution >= 4 is 0 Å². The molecule has 0 bridgehead atoms. The number of unbranched alkanes of at least 4 members (excludes halogenated alkanes) is 21. The van der Waals surface area contributed by atoms with Crippen LogP contribution in [-0.4, -0.2) is 29.1 Å². The van der Waals surface area contributed by atoms with Gasteiger partial charge in [0.05, 0.1) is 0 Å². The summed E-state index contributed by atoms with van der Waals surface area (Å²) in [6.07, 6.45) is 39.8. The molecule has 2 nitrogen and oxygen atoms in total. The smallest absolute Gasteiger partial charge is 0.101 e. The summed E-state index contributed by atoms with van der Waals surface area (Å²) in [5.74, 6) is 0. The van der Waals surface area contributed by atoms with E-state index in [1.807, 2.05) is 0 Å². The molecule has 0 radical (unpaired) electrons. The van der Waals surface area contributed by atoms with Crippen molar-refractivity contribution in [3.63, 3.8) is 0 Å². The minimum absolute atomic E-state index is 0.636. The summed E-state index contributed by atoms with van der Waals surface area (Å²) >= 11 is 0. The van der Waals surface area contributed by atoms with Gasteiger partial charge in [-0.3, -0.25) is 0 Å². The molecule has 1 heterocycles. The van der Waals surface area contributed by atoms with Crippen molar-refractivity contribution in [1.29, 1.82) is 0 Å². The molecule has 202 valence electrons. The molecule has 1 atom stereocenters. The van der Waals surface area contributed by atoms with E-state index in [-0.39, 0.29) is 0 Å². The molecule has 34 heavy (non-hydrogen) atoms. The van der Waals surface area contributed by atoms with Crippen LogP contribution in [0.1, 0.15) is 175 Å². The molecular weight excluding hydrogens is 412 g/mol. The molecule has 0 saturated carbocycles. The summed E-state index contributed by atoms with van der Waals surface area (Å²) in [7, 11) is 0. The van der Waals surface area contributed by atoms with Crippen molar-refractivity contribution in [2.24, 2.45) is 0 Å². The second kappa shape index (κ2) is 24.1. The van der Waals surface area contributed by atoms with Crippen LogP contribution in [0.25, 0.3) is 0 Å². The Morgan fingerprint density at radius 2 is 0.765 bits per heavy atom. The third-order valence-electron chi connectivity index (χ3n) is 7.92. The second-order valence-corrected chi connectivity index (χ2v) is 11.1. The molecule has 0 amide bonds. The van der Waals surface area contributed by atoms with E-state index in [1.54, 1.807) is 0 Å². The van der Waals surface area contributed by atoms with Gasteiger partial charge in [0.1, 0.15) is 6.17 Å². The highest BCUT2D eigenvalue weighted by molar-refractivity contribution is 4.96. The monoisotopic (exact) mass is 477 g/mol. The van der Waals surface area contributed by atoms with Gasteiger partial charge in [0, 0.05) is 25.5 Å². The first-order chi connectivity index (χ1) is 16.8. The molecule has 2 heteroatoms. The highest BCUT2D eigenvalue weighted by Crippen LogP contribution is 2.22. The van der Waals surface area contributed by atoms with Gasteiger partial charge in [-0.05, 0) is 26.2 Å². The van der Waals surface area contributed by atoms with Crippen LogP contribution in [0.15, 0.2) is 12.4 Å². The largest absolute Gasteiger partial charge is 0.356 e. The van der Waals surface area contributed by atoms with Gasteiger partial charge in [-0.1, -0.05) is 149 Å². The van der Waals surface area contributed by atoms with E-state index in [0.29, 0.717) is 6.17 Å². The highest BCUT2D eigenvalue weighted by atomic mass is 15.4. The van der Waals surface area contributed by atoms with Gasteiger partial charge >= 0.3 is 0 Å². The molecule has 0 saturated heterocycles. The van der Waals surface area contributed by atoms with Crippen LogP contribution in [0.3, 0.4) is 0 Å². The molecule has 0 aliphatic carbocycles. The predicted octanol–water partition coefficient (Wildman–Crippen LogP) is 10.8. The van der Waals surface area contributed by atoms with Crippen LogP contribution in [0.5, 0.6) is 0 Å². The molecule has 0 spiro atoms. The maximum absolute atomic E-state index is 2.64. The lowest BCUT2D eigenvalue weighted by Gasteiger charge is -2.32. The van der Waals surface area contributed by atoms with E-state index < -0.39 is 0 Å². The van der Waals surface area contributed by atoms with Gasteiger partial charge in [-0.2, -0.15) is 0 Å². The summed E-state index contributed by atoms with van der Waals surface area (Å²) in [5, 5.41) is 0. The summed E-state index contributed by atoms with van der Waals surface area (Å²) in [5.41, 5.74) is 0. The molecule has 1 rings (SSSR count). The molecule has 0 aromatic rings. The minimum Gasteiger partial charge on any atom is -0.356 e. The SMILES string of the molecule is CCCCCCCCCCCCCCCCCCCN1C=CN(CC)C1CCCCCCCC. The van der Waals surface area contributed by atoms with Gasteiger partial charge < -0.3 is 9.80 Å². The van der Waals surface area contributed by atoms with Gasteiger partial charge in [0.25, 0.3) is 0 Å². The maximum Gasteiger partial charge on any atom is 0.101 e. The molecule has 1 aliphatic heterocycles. The summed E-state index contributed by atoms with van der Waals surface area (Å²) in [4.78, 5) is 5.19. The Kier molecular flexibility index (Phi) is 22.2. The standard InChI is InChI=1S/C32H64N2/c1-4-7-9-11-13-14-15-16-17-18-19-20-21-22-23-25-27-29-34-31-30-33(6-3)32(34)28-26-24-12-10-8-5-2/h30-32H,4-29H2,1-3H3. The van der Waals surface area contributed by atoms with Crippen molar-refractivity contribution in [2.45, 2.75) is 181 Å². The first-order valence-electron chi connectivity index (χ1n) is 16.0. The third kappa shape index (κ3) is 16.9. The minimum atomic E-state index is 0.636. The Hall–Kier alpha value is -0.660. The maximum atomic E-state index is 2.64. The van der Waals surface area contributed by atoms with Crippen molar-refractivity contribution in [3.8, 4) is 0 Å². The molecule has 0 aromatic carbocycles. The highest BCUT2D eigenvalue weighted by Gasteiger charge is 2.23. The fourth-order valence-corrected chi connectivity index (χ4v) is 5.56. The van der Waals surface area contributed by atoms with Crippen LogP contribution in [0.4, 0.5) is 0 Å². The predicted molar refractivity (Wildman–Crippen MR) is 154 cm³/mol. The Morgan fingerprint density at radius 1 is 0.412 bits per heavy atom. The number of nitrogens with zero attached hydrogens (tertiary/aromatic N) is 2. The molecule has 0 N–H and O–H groups in total. The lowest BCUT2D eigenvalue weighted by atomic mass is 10.0. The fourth-order valence-electron chi connectivity index (χ4n) is 5.56. The average Bonchev–Trinajstić information content (AvgIpc) is 3.24. The zero-order valence-electron chi connectivity index (χ0n) is 24.0.